The zero-order valence-electron chi connectivity index (χ0n) is 9.23. The summed E-state index contributed by atoms with van der Waals surface area (Å²) in [5, 5.41) is 13.3. The van der Waals surface area contributed by atoms with Crippen molar-refractivity contribution in [1.29, 1.82) is 0 Å². The predicted molar refractivity (Wildman–Crippen MR) is 68.4 cm³/mol. The topological polar surface area (TPSA) is 37.3 Å². The largest absolute Gasteiger partial charge is 0.507 e. The number of Topliss-reactive ketones (excluding diaryl/α,β-unsaturated/α-hetero) is 1. The Morgan fingerprint density at radius 2 is 2.18 bits per heavy atom. The quantitative estimate of drug-likeness (QED) is 0.616. The van der Waals surface area contributed by atoms with Gasteiger partial charge in [-0.05, 0) is 36.4 Å². The molecule has 17 heavy (non-hydrogen) atoms. The maximum Gasteiger partial charge on any atom is 0.239 e. The first-order chi connectivity index (χ1) is 8.16. The van der Waals surface area contributed by atoms with Crippen LogP contribution in [0.5, 0.6) is 5.75 Å². The maximum absolute atomic E-state index is 11.8. The second-order valence-corrected chi connectivity index (χ2v) is 4.39. The lowest BCUT2D eigenvalue weighted by Gasteiger charge is -1.99. The Kier molecular flexibility index (Phi) is 3.27. The van der Waals surface area contributed by atoms with Gasteiger partial charge in [0.15, 0.2) is 0 Å². The number of carbonyl (C=O) groups is 1. The van der Waals surface area contributed by atoms with Gasteiger partial charge in [-0.25, -0.2) is 0 Å². The summed E-state index contributed by atoms with van der Waals surface area (Å²) in [7, 11) is 0. The highest BCUT2D eigenvalue weighted by molar-refractivity contribution is 7.08. The number of thiophene rings is 1. The number of aryl methyl sites for hydroxylation is 1. The average Bonchev–Trinajstić information content (AvgIpc) is 2.82. The Labute approximate surface area is 104 Å². The van der Waals surface area contributed by atoms with E-state index in [2.05, 4.69) is 11.8 Å². The lowest BCUT2D eigenvalue weighted by Crippen LogP contribution is -1.96. The molecule has 1 heterocycles. The van der Waals surface area contributed by atoms with E-state index in [9.17, 15) is 9.90 Å². The van der Waals surface area contributed by atoms with Gasteiger partial charge in [-0.1, -0.05) is 17.6 Å². The molecule has 0 atom stereocenters. The average molecular weight is 242 g/mol. The van der Waals surface area contributed by atoms with Crippen molar-refractivity contribution in [2.75, 3.05) is 0 Å². The number of carbonyl (C=O) groups excluding carboxylic acids is 1. The van der Waals surface area contributed by atoms with Gasteiger partial charge in [0, 0.05) is 10.9 Å². The zero-order valence-corrected chi connectivity index (χ0v) is 10.0. The number of hydrogen-bond donors (Lipinski definition) is 1. The Morgan fingerprint density at radius 1 is 1.35 bits per heavy atom. The normalized spacial score (nSPS) is 9.47. The van der Waals surface area contributed by atoms with Crippen LogP contribution in [0.1, 0.15) is 21.5 Å². The Balaban J connectivity index is 2.29. The molecular weight excluding hydrogens is 232 g/mol. The van der Waals surface area contributed by atoms with Crippen LogP contribution in [0.25, 0.3) is 0 Å². The van der Waals surface area contributed by atoms with Crippen molar-refractivity contribution in [3.05, 3.63) is 51.7 Å². The van der Waals surface area contributed by atoms with E-state index in [1.165, 1.54) is 17.4 Å². The van der Waals surface area contributed by atoms with Crippen LogP contribution in [-0.2, 0) is 0 Å². The van der Waals surface area contributed by atoms with Crippen molar-refractivity contribution in [3.63, 3.8) is 0 Å². The molecule has 0 saturated heterocycles. The summed E-state index contributed by atoms with van der Waals surface area (Å²) < 4.78 is 0. The fourth-order valence-corrected chi connectivity index (χ4v) is 1.95. The summed E-state index contributed by atoms with van der Waals surface area (Å²) >= 11 is 1.53. The summed E-state index contributed by atoms with van der Waals surface area (Å²) in [6, 6.07) is 6.74. The molecule has 0 aliphatic heterocycles. The molecule has 0 amide bonds. The summed E-state index contributed by atoms with van der Waals surface area (Å²) in [6.07, 6.45) is 0. The van der Waals surface area contributed by atoms with E-state index in [0.717, 1.165) is 11.1 Å². The van der Waals surface area contributed by atoms with Gasteiger partial charge >= 0.3 is 0 Å². The molecule has 2 nitrogen and oxygen atoms in total. The second-order valence-electron chi connectivity index (χ2n) is 3.61. The minimum Gasteiger partial charge on any atom is -0.507 e. The van der Waals surface area contributed by atoms with Crippen LogP contribution in [0.15, 0.2) is 35.0 Å². The summed E-state index contributed by atoms with van der Waals surface area (Å²) in [6.45, 7) is 1.86. The van der Waals surface area contributed by atoms with Crippen LogP contribution >= 0.6 is 11.3 Å². The van der Waals surface area contributed by atoms with Crippen molar-refractivity contribution in [1.82, 2.24) is 0 Å². The van der Waals surface area contributed by atoms with Crippen LogP contribution in [0.3, 0.4) is 0 Å². The molecule has 0 bridgehead atoms. The second kappa shape index (κ2) is 4.86. The first-order valence-corrected chi connectivity index (χ1v) is 5.99. The van der Waals surface area contributed by atoms with E-state index in [1.807, 2.05) is 23.8 Å². The number of hydrogen-bond acceptors (Lipinski definition) is 3. The van der Waals surface area contributed by atoms with E-state index in [1.54, 1.807) is 12.1 Å². The molecule has 0 aliphatic carbocycles. The molecule has 0 spiro atoms. The number of rotatable bonds is 1. The highest BCUT2D eigenvalue weighted by Gasteiger charge is 2.08. The van der Waals surface area contributed by atoms with Gasteiger partial charge < -0.3 is 5.11 Å². The van der Waals surface area contributed by atoms with Gasteiger partial charge in [0.05, 0.1) is 5.56 Å². The van der Waals surface area contributed by atoms with Crippen LogP contribution < -0.4 is 0 Å². The molecule has 2 aromatic rings. The molecule has 3 heteroatoms. The standard InChI is InChI=1S/C14H10O2S/c1-10-2-4-13(15)12(8-10)14(16)5-3-11-6-7-17-9-11/h2,4,6-9,15H,1H3. The number of phenols is 1. The van der Waals surface area contributed by atoms with Crippen molar-refractivity contribution in [3.8, 4) is 17.6 Å². The monoisotopic (exact) mass is 242 g/mol. The van der Waals surface area contributed by atoms with Gasteiger partial charge in [0.25, 0.3) is 0 Å². The van der Waals surface area contributed by atoms with Crippen LogP contribution in [0.2, 0.25) is 0 Å². The van der Waals surface area contributed by atoms with Crippen molar-refractivity contribution >= 4 is 17.1 Å². The molecule has 1 aromatic carbocycles. The Hall–Kier alpha value is -2.05. The Morgan fingerprint density at radius 3 is 2.88 bits per heavy atom. The number of ketones is 1. The maximum atomic E-state index is 11.8. The molecule has 0 radical (unpaired) electrons. The third kappa shape index (κ3) is 2.74. The molecule has 0 fully saturated rings. The van der Waals surface area contributed by atoms with Crippen molar-refractivity contribution < 1.29 is 9.90 Å². The predicted octanol–water partition coefficient (Wildman–Crippen LogP) is 3.00. The molecule has 0 unspecified atom stereocenters. The number of aromatic hydroxyl groups is 1. The minimum absolute atomic E-state index is 0.0276. The van der Waals surface area contributed by atoms with Crippen LogP contribution in [0.4, 0.5) is 0 Å². The molecule has 0 saturated carbocycles. The van der Waals surface area contributed by atoms with Gasteiger partial charge in [0.2, 0.25) is 5.78 Å². The lowest BCUT2D eigenvalue weighted by molar-refractivity contribution is 0.105. The highest BCUT2D eigenvalue weighted by atomic mass is 32.1. The highest BCUT2D eigenvalue weighted by Crippen LogP contribution is 2.18. The van der Waals surface area contributed by atoms with Crippen molar-refractivity contribution in [2.24, 2.45) is 0 Å². The fourth-order valence-electron chi connectivity index (χ4n) is 1.36. The third-order valence-electron chi connectivity index (χ3n) is 2.24. The summed E-state index contributed by atoms with van der Waals surface area (Å²) in [4.78, 5) is 11.8. The van der Waals surface area contributed by atoms with Gasteiger partial charge in [0.1, 0.15) is 5.75 Å². The molecule has 1 aromatic heterocycles. The minimum atomic E-state index is -0.364. The van der Waals surface area contributed by atoms with E-state index in [0.29, 0.717) is 0 Å². The summed E-state index contributed by atoms with van der Waals surface area (Å²) in [5.41, 5.74) is 1.99. The number of phenolic OH excluding ortho intramolecular Hbond substituents is 1. The van der Waals surface area contributed by atoms with Gasteiger partial charge in [-0.3, -0.25) is 4.79 Å². The van der Waals surface area contributed by atoms with Crippen LogP contribution in [0, 0.1) is 18.8 Å². The van der Waals surface area contributed by atoms with Crippen molar-refractivity contribution in [2.45, 2.75) is 6.92 Å². The first-order valence-electron chi connectivity index (χ1n) is 5.05. The van der Waals surface area contributed by atoms with Crippen LogP contribution in [-0.4, -0.2) is 10.9 Å². The van der Waals surface area contributed by atoms with Gasteiger partial charge in [-0.2, -0.15) is 11.3 Å². The summed E-state index contributed by atoms with van der Waals surface area (Å²) in [5.74, 6) is 4.91. The van der Waals surface area contributed by atoms with E-state index in [4.69, 9.17) is 0 Å². The lowest BCUT2D eigenvalue weighted by atomic mass is 10.1. The van der Waals surface area contributed by atoms with E-state index in [-0.39, 0.29) is 17.1 Å². The van der Waals surface area contributed by atoms with E-state index < -0.39 is 0 Å². The van der Waals surface area contributed by atoms with E-state index >= 15 is 0 Å². The Bertz CT molecular complexity index is 601. The molecule has 84 valence electrons. The SMILES string of the molecule is Cc1ccc(O)c(C(=O)C#Cc2ccsc2)c1. The third-order valence-corrected chi connectivity index (χ3v) is 2.92. The smallest absolute Gasteiger partial charge is 0.239 e. The molecule has 1 N–H and O–H groups in total. The first kappa shape index (κ1) is 11.4. The van der Waals surface area contributed by atoms with Gasteiger partial charge in [-0.15, -0.1) is 0 Å². The zero-order chi connectivity index (χ0) is 12.3. The molecule has 2 rings (SSSR count). The fraction of sp³-hybridized carbons (Fsp3) is 0.0714. The molecular formula is C14H10O2S. The number of benzene rings is 1. The molecule has 0 aliphatic rings.